The second-order valence-electron chi connectivity index (χ2n) is 4.29. The summed E-state index contributed by atoms with van der Waals surface area (Å²) in [6, 6.07) is 4.06. The fourth-order valence-electron chi connectivity index (χ4n) is 1.69. The molecule has 1 aromatic carbocycles. The van der Waals surface area contributed by atoms with E-state index in [0.29, 0.717) is 5.69 Å². The highest BCUT2D eigenvalue weighted by Crippen LogP contribution is 2.33. The van der Waals surface area contributed by atoms with Crippen LogP contribution in [0.3, 0.4) is 0 Å². The van der Waals surface area contributed by atoms with Crippen molar-refractivity contribution in [3.63, 3.8) is 0 Å². The first-order valence-corrected chi connectivity index (χ1v) is 8.30. The summed E-state index contributed by atoms with van der Waals surface area (Å²) in [6.07, 6.45) is 1.39. The van der Waals surface area contributed by atoms with Crippen LogP contribution in [-0.4, -0.2) is 18.1 Å². The van der Waals surface area contributed by atoms with Gasteiger partial charge in [0.1, 0.15) is 4.90 Å². The highest BCUT2D eigenvalue weighted by molar-refractivity contribution is 7.92. The minimum Gasteiger partial charge on any atom is -0.390 e. The third-order valence-electron chi connectivity index (χ3n) is 2.81. The van der Waals surface area contributed by atoms with Gasteiger partial charge < -0.3 is 9.67 Å². The van der Waals surface area contributed by atoms with Gasteiger partial charge >= 0.3 is 0 Å². The molecule has 0 amide bonds. The van der Waals surface area contributed by atoms with Crippen LogP contribution in [0.2, 0.25) is 15.1 Å². The Kier molecular flexibility index (Phi) is 4.75. The Labute approximate surface area is 137 Å². The number of nitrogens with zero attached hydrogens (tertiary/aromatic N) is 1. The van der Waals surface area contributed by atoms with E-state index < -0.39 is 10.0 Å². The van der Waals surface area contributed by atoms with Crippen LogP contribution in [0, 0.1) is 0 Å². The second-order valence-corrected chi connectivity index (χ2v) is 7.19. The number of aryl methyl sites for hydroxylation is 1. The third kappa shape index (κ3) is 3.46. The van der Waals surface area contributed by atoms with Crippen molar-refractivity contribution in [3.05, 3.63) is 45.2 Å². The molecule has 5 nitrogen and oxygen atoms in total. The Hall–Kier alpha value is -0.920. The predicted octanol–water partition coefficient (Wildman–Crippen LogP) is 3.28. The number of halogens is 3. The maximum Gasteiger partial charge on any atom is 0.263 e. The van der Waals surface area contributed by atoms with Crippen molar-refractivity contribution in [3.8, 4) is 0 Å². The van der Waals surface area contributed by atoms with Crippen LogP contribution in [0.4, 0.5) is 5.69 Å². The highest BCUT2D eigenvalue weighted by Gasteiger charge is 2.19. The summed E-state index contributed by atoms with van der Waals surface area (Å²) in [5.41, 5.74) is 0.594. The van der Waals surface area contributed by atoms with Crippen molar-refractivity contribution in [2.24, 2.45) is 7.05 Å². The van der Waals surface area contributed by atoms with Gasteiger partial charge in [0.05, 0.1) is 27.4 Å². The summed E-state index contributed by atoms with van der Waals surface area (Å²) in [7, 11) is -2.21. The summed E-state index contributed by atoms with van der Waals surface area (Å²) in [4.78, 5) is 0.0104. The standard InChI is InChI=1S/C12H11Cl3N2O3S/c1-17-5-8(2-7(17)6-18)21(19,20)16-12-4-10(14)9(13)3-11(12)15/h2-5,16,18H,6H2,1H3. The van der Waals surface area contributed by atoms with Crippen molar-refractivity contribution >= 4 is 50.5 Å². The number of rotatable bonds is 4. The summed E-state index contributed by atoms with van der Waals surface area (Å²) >= 11 is 17.6. The molecule has 0 aliphatic carbocycles. The molecule has 1 heterocycles. The molecule has 0 aliphatic rings. The smallest absolute Gasteiger partial charge is 0.263 e. The third-order valence-corrected chi connectivity index (χ3v) is 5.18. The molecule has 2 rings (SSSR count). The van der Waals surface area contributed by atoms with Gasteiger partial charge in [-0.2, -0.15) is 0 Å². The van der Waals surface area contributed by atoms with Gasteiger partial charge in [-0.15, -0.1) is 0 Å². The predicted molar refractivity (Wildman–Crippen MR) is 83.6 cm³/mol. The van der Waals surface area contributed by atoms with Crippen LogP contribution in [0.5, 0.6) is 0 Å². The molecule has 0 atom stereocenters. The van der Waals surface area contributed by atoms with Gasteiger partial charge in [-0.05, 0) is 18.2 Å². The molecule has 0 spiro atoms. The Morgan fingerprint density at radius 2 is 1.76 bits per heavy atom. The Morgan fingerprint density at radius 1 is 1.14 bits per heavy atom. The minimum atomic E-state index is -3.85. The summed E-state index contributed by atoms with van der Waals surface area (Å²) in [5.74, 6) is 0. The Morgan fingerprint density at radius 3 is 2.33 bits per heavy atom. The second kappa shape index (κ2) is 6.06. The summed E-state index contributed by atoms with van der Waals surface area (Å²) in [6.45, 7) is -0.264. The zero-order valence-corrected chi connectivity index (χ0v) is 13.9. The van der Waals surface area contributed by atoms with E-state index in [1.165, 1.54) is 29.0 Å². The van der Waals surface area contributed by atoms with Crippen LogP contribution in [0.25, 0.3) is 0 Å². The highest BCUT2D eigenvalue weighted by atomic mass is 35.5. The molecular weight excluding hydrogens is 359 g/mol. The van der Waals surface area contributed by atoms with Gasteiger partial charge in [0.2, 0.25) is 0 Å². The number of aliphatic hydroxyl groups is 1. The zero-order valence-electron chi connectivity index (χ0n) is 10.8. The fourth-order valence-corrected chi connectivity index (χ4v) is 3.50. The normalized spacial score (nSPS) is 11.7. The average Bonchev–Trinajstić information content (AvgIpc) is 2.78. The minimum absolute atomic E-state index is 0.0104. The lowest BCUT2D eigenvalue weighted by Gasteiger charge is -2.09. The largest absolute Gasteiger partial charge is 0.390 e. The molecule has 21 heavy (non-hydrogen) atoms. The molecule has 0 fully saturated rings. The number of hydrogen-bond acceptors (Lipinski definition) is 3. The molecule has 114 valence electrons. The Balaban J connectivity index is 2.39. The van der Waals surface area contributed by atoms with Gasteiger partial charge in [0.25, 0.3) is 10.0 Å². The van der Waals surface area contributed by atoms with Crippen LogP contribution < -0.4 is 4.72 Å². The van der Waals surface area contributed by atoms with E-state index in [9.17, 15) is 8.42 Å². The zero-order chi connectivity index (χ0) is 15.8. The van der Waals surface area contributed by atoms with Gasteiger partial charge in [0.15, 0.2) is 0 Å². The van der Waals surface area contributed by atoms with E-state index in [4.69, 9.17) is 39.9 Å². The lowest BCUT2D eigenvalue weighted by molar-refractivity contribution is 0.272. The van der Waals surface area contributed by atoms with Gasteiger partial charge in [-0.25, -0.2) is 8.42 Å². The maximum atomic E-state index is 12.3. The van der Waals surface area contributed by atoms with E-state index >= 15 is 0 Å². The number of hydrogen-bond donors (Lipinski definition) is 2. The van der Waals surface area contributed by atoms with Gasteiger partial charge in [-0.1, -0.05) is 34.8 Å². The van der Waals surface area contributed by atoms with Crippen molar-refractivity contribution in [1.82, 2.24) is 4.57 Å². The molecule has 0 bridgehead atoms. The van der Waals surface area contributed by atoms with Crippen molar-refractivity contribution in [2.45, 2.75) is 11.5 Å². The summed E-state index contributed by atoms with van der Waals surface area (Å²) in [5, 5.41) is 9.65. The number of nitrogens with one attached hydrogen (secondary N) is 1. The first-order chi connectivity index (χ1) is 9.74. The molecule has 2 aromatic rings. The number of benzene rings is 1. The molecule has 0 aliphatic heterocycles. The molecule has 0 unspecified atom stereocenters. The van der Waals surface area contributed by atoms with Crippen molar-refractivity contribution in [1.29, 1.82) is 0 Å². The lowest BCUT2D eigenvalue weighted by atomic mass is 10.3. The molecule has 1 aromatic heterocycles. The monoisotopic (exact) mass is 368 g/mol. The van der Waals surface area contributed by atoms with Gasteiger partial charge in [0, 0.05) is 18.9 Å². The van der Waals surface area contributed by atoms with E-state index in [-0.39, 0.29) is 32.3 Å². The molecular formula is C12H11Cl3N2O3S. The van der Waals surface area contributed by atoms with Crippen LogP contribution in [0.15, 0.2) is 29.3 Å². The summed E-state index contributed by atoms with van der Waals surface area (Å²) < 4.78 is 28.4. The average molecular weight is 370 g/mol. The van der Waals surface area contributed by atoms with E-state index in [1.54, 1.807) is 7.05 Å². The quantitative estimate of drug-likeness (QED) is 0.812. The maximum absolute atomic E-state index is 12.3. The van der Waals surface area contributed by atoms with Crippen LogP contribution >= 0.6 is 34.8 Å². The number of aromatic nitrogens is 1. The van der Waals surface area contributed by atoms with Crippen LogP contribution in [-0.2, 0) is 23.7 Å². The van der Waals surface area contributed by atoms with Crippen LogP contribution in [0.1, 0.15) is 5.69 Å². The Bertz CT molecular complexity index is 787. The SMILES string of the molecule is Cn1cc(S(=O)(=O)Nc2cc(Cl)c(Cl)cc2Cl)cc1CO. The van der Waals surface area contributed by atoms with Gasteiger partial charge in [-0.3, -0.25) is 4.72 Å². The topological polar surface area (TPSA) is 71.3 Å². The number of aliphatic hydroxyl groups excluding tert-OH is 1. The first kappa shape index (κ1) is 16.5. The molecule has 0 radical (unpaired) electrons. The fraction of sp³-hybridized carbons (Fsp3) is 0.167. The molecule has 2 N–H and O–H groups in total. The van der Waals surface area contributed by atoms with E-state index in [1.807, 2.05) is 0 Å². The van der Waals surface area contributed by atoms with Crippen molar-refractivity contribution < 1.29 is 13.5 Å². The number of anilines is 1. The number of sulfonamides is 1. The molecule has 0 saturated heterocycles. The first-order valence-electron chi connectivity index (χ1n) is 5.68. The lowest BCUT2D eigenvalue weighted by Crippen LogP contribution is -2.12. The molecule has 9 heteroatoms. The van der Waals surface area contributed by atoms with E-state index in [2.05, 4.69) is 4.72 Å². The van der Waals surface area contributed by atoms with E-state index in [0.717, 1.165) is 0 Å². The van der Waals surface area contributed by atoms with Crippen molar-refractivity contribution in [2.75, 3.05) is 4.72 Å². The molecule has 0 saturated carbocycles.